The highest BCUT2D eigenvalue weighted by Crippen LogP contribution is 2.31. The van der Waals surface area contributed by atoms with Gasteiger partial charge in [0.15, 0.2) is 0 Å². The Morgan fingerprint density at radius 3 is 2.84 bits per heavy atom. The molecule has 0 atom stereocenters. The molecule has 0 amide bonds. The Hall–Kier alpha value is -2.18. The molecule has 0 fully saturated rings. The number of rotatable bonds is 5. The highest BCUT2D eigenvalue weighted by molar-refractivity contribution is 7.98. The molecule has 3 heterocycles. The van der Waals surface area contributed by atoms with E-state index in [1.165, 1.54) is 10.4 Å². The summed E-state index contributed by atoms with van der Waals surface area (Å²) in [5.41, 5.74) is 2.29. The van der Waals surface area contributed by atoms with Crippen molar-refractivity contribution >= 4 is 34.0 Å². The maximum absolute atomic E-state index is 5.83. The van der Waals surface area contributed by atoms with Gasteiger partial charge in [0.05, 0.1) is 21.2 Å². The van der Waals surface area contributed by atoms with E-state index in [4.69, 9.17) is 4.42 Å². The molecule has 0 saturated carbocycles. The van der Waals surface area contributed by atoms with Crippen LogP contribution in [0, 0.1) is 6.92 Å². The molecule has 0 aliphatic heterocycles. The standard InChI is InChI=1S/C19H17N3OS2/c1-3-15-12(2)10-16(25-15)19-22-21-17(23-19)11-24-18-9-8-13-6-4-5-7-14(13)20-18/h4-10H,3,11H2,1-2H3. The van der Waals surface area contributed by atoms with E-state index in [1.54, 1.807) is 23.1 Å². The lowest BCUT2D eigenvalue weighted by Gasteiger charge is -2.00. The van der Waals surface area contributed by atoms with E-state index >= 15 is 0 Å². The molecule has 0 unspecified atom stereocenters. The van der Waals surface area contributed by atoms with E-state index in [-0.39, 0.29) is 0 Å². The molecule has 4 aromatic rings. The summed E-state index contributed by atoms with van der Waals surface area (Å²) in [7, 11) is 0. The molecular weight excluding hydrogens is 350 g/mol. The second kappa shape index (κ2) is 6.98. The fraction of sp³-hybridized carbons (Fsp3) is 0.211. The van der Waals surface area contributed by atoms with Crippen LogP contribution in [0.15, 0.2) is 51.9 Å². The molecule has 0 bridgehead atoms. The van der Waals surface area contributed by atoms with Gasteiger partial charge in [-0.05, 0) is 37.1 Å². The largest absolute Gasteiger partial charge is 0.419 e. The summed E-state index contributed by atoms with van der Waals surface area (Å²) in [5, 5.41) is 10.5. The molecule has 3 aromatic heterocycles. The van der Waals surface area contributed by atoms with Gasteiger partial charge in [-0.25, -0.2) is 4.98 Å². The normalized spacial score (nSPS) is 11.3. The maximum atomic E-state index is 5.83. The number of aromatic nitrogens is 3. The van der Waals surface area contributed by atoms with Crippen molar-refractivity contribution in [2.45, 2.75) is 31.0 Å². The number of thiophene rings is 1. The van der Waals surface area contributed by atoms with Gasteiger partial charge in [0, 0.05) is 10.3 Å². The first-order valence-electron chi connectivity index (χ1n) is 8.13. The van der Waals surface area contributed by atoms with E-state index < -0.39 is 0 Å². The number of hydrogen-bond acceptors (Lipinski definition) is 6. The lowest BCUT2D eigenvalue weighted by Crippen LogP contribution is -1.85. The fourth-order valence-electron chi connectivity index (χ4n) is 2.65. The Balaban J connectivity index is 1.48. The number of fused-ring (bicyclic) bond motifs is 1. The molecule has 0 radical (unpaired) electrons. The van der Waals surface area contributed by atoms with Gasteiger partial charge in [0.25, 0.3) is 5.89 Å². The summed E-state index contributed by atoms with van der Waals surface area (Å²) in [6, 6.07) is 14.3. The summed E-state index contributed by atoms with van der Waals surface area (Å²) in [6.07, 6.45) is 1.03. The minimum atomic E-state index is 0.606. The van der Waals surface area contributed by atoms with Crippen LogP contribution in [-0.2, 0) is 12.2 Å². The predicted molar refractivity (Wildman–Crippen MR) is 103 cm³/mol. The zero-order chi connectivity index (χ0) is 17.2. The first-order chi connectivity index (χ1) is 12.2. The monoisotopic (exact) mass is 367 g/mol. The molecule has 6 heteroatoms. The molecule has 4 nitrogen and oxygen atoms in total. The van der Waals surface area contributed by atoms with Crippen molar-refractivity contribution in [2.75, 3.05) is 0 Å². The van der Waals surface area contributed by atoms with Crippen LogP contribution in [0.4, 0.5) is 0 Å². The Morgan fingerprint density at radius 1 is 1.12 bits per heavy atom. The van der Waals surface area contributed by atoms with Crippen LogP contribution in [-0.4, -0.2) is 15.2 Å². The molecule has 0 saturated heterocycles. The summed E-state index contributed by atoms with van der Waals surface area (Å²) >= 11 is 3.33. The maximum Gasteiger partial charge on any atom is 0.257 e. The number of aryl methyl sites for hydroxylation is 2. The Kier molecular flexibility index (Phi) is 4.55. The lowest BCUT2D eigenvalue weighted by molar-refractivity contribution is 0.529. The van der Waals surface area contributed by atoms with Crippen molar-refractivity contribution in [1.29, 1.82) is 0 Å². The zero-order valence-corrected chi connectivity index (χ0v) is 15.7. The van der Waals surface area contributed by atoms with Gasteiger partial charge in [-0.3, -0.25) is 0 Å². The smallest absolute Gasteiger partial charge is 0.257 e. The topological polar surface area (TPSA) is 51.8 Å². The molecular formula is C19H17N3OS2. The second-order valence-corrected chi connectivity index (χ2v) is 7.83. The van der Waals surface area contributed by atoms with E-state index in [0.717, 1.165) is 27.2 Å². The van der Waals surface area contributed by atoms with E-state index in [9.17, 15) is 0 Å². The van der Waals surface area contributed by atoms with Crippen LogP contribution in [0.2, 0.25) is 0 Å². The van der Waals surface area contributed by atoms with Crippen molar-refractivity contribution < 1.29 is 4.42 Å². The number of para-hydroxylation sites is 1. The van der Waals surface area contributed by atoms with Gasteiger partial charge < -0.3 is 4.42 Å². The van der Waals surface area contributed by atoms with E-state index in [0.29, 0.717) is 17.5 Å². The average molecular weight is 367 g/mol. The third kappa shape index (κ3) is 3.45. The molecule has 1 aromatic carbocycles. The second-order valence-electron chi connectivity index (χ2n) is 5.70. The molecule has 0 aliphatic carbocycles. The number of pyridine rings is 1. The number of benzene rings is 1. The fourth-order valence-corrected chi connectivity index (χ4v) is 4.40. The van der Waals surface area contributed by atoms with Gasteiger partial charge in [-0.2, -0.15) is 0 Å². The Bertz CT molecular complexity index is 1020. The quantitative estimate of drug-likeness (QED) is 0.435. The summed E-state index contributed by atoms with van der Waals surface area (Å²) in [4.78, 5) is 7.07. The summed E-state index contributed by atoms with van der Waals surface area (Å²) in [6.45, 7) is 4.28. The Labute approximate surface area is 154 Å². The summed E-state index contributed by atoms with van der Waals surface area (Å²) in [5.74, 6) is 1.84. The first-order valence-corrected chi connectivity index (χ1v) is 9.94. The van der Waals surface area contributed by atoms with Crippen molar-refractivity contribution in [2.24, 2.45) is 0 Å². The molecule has 0 N–H and O–H groups in total. The van der Waals surface area contributed by atoms with E-state index in [1.807, 2.05) is 24.3 Å². The average Bonchev–Trinajstić information content (AvgIpc) is 3.26. The van der Waals surface area contributed by atoms with Crippen LogP contribution in [0.1, 0.15) is 23.3 Å². The third-order valence-electron chi connectivity index (χ3n) is 3.94. The highest BCUT2D eigenvalue weighted by atomic mass is 32.2. The van der Waals surface area contributed by atoms with Crippen LogP contribution in [0.25, 0.3) is 21.7 Å². The molecule has 0 spiro atoms. The number of thioether (sulfide) groups is 1. The minimum absolute atomic E-state index is 0.606. The van der Waals surface area contributed by atoms with Crippen LogP contribution >= 0.6 is 23.1 Å². The Morgan fingerprint density at radius 2 is 2.00 bits per heavy atom. The van der Waals surface area contributed by atoms with Crippen molar-refractivity contribution in [1.82, 2.24) is 15.2 Å². The van der Waals surface area contributed by atoms with Crippen molar-refractivity contribution in [3.8, 4) is 10.8 Å². The van der Waals surface area contributed by atoms with Crippen LogP contribution < -0.4 is 0 Å². The molecule has 126 valence electrons. The first kappa shape index (κ1) is 16.3. The van der Waals surface area contributed by atoms with E-state index in [2.05, 4.69) is 47.2 Å². The van der Waals surface area contributed by atoms with Crippen molar-refractivity contribution in [3.05, 3.63) is 58.8 Å². The van der Waals surface area contributed by atoms with Gasteiger partial charge in [-0.15, -0.1) is 21.5 Å². The molecule has 25 heavy (non-hydrogen) atoms. The number of nitrogens with zero attached hydrogens (tertiary/aromatic N) is 3. The number of hydrogen-bond donors (Lipinski definition) is 0. The van der Waals surface area contributed by atoms with Crippen LogP contribution in [0.3, 0.4) is 0 Å². The SMILES string of the molecule is CCc1sc(-c2nnc(CSc3ccc4ccccc4n3)o2)cc1C. The van der Waals surface area contributed by atoms with Gasteiger partial charge >= 0.3 is 0 Å². The van der Waals surface area contributed by atoms with Gasteiger partial charge in [0.1, 0.15) is 0 Å². The predicted octanol–water partition coefficient (Wildman–Crippen LogP) is 5.51. The molecule has 4 rings (SSSR count). The summed E-state index contributed by atoms with van der Waals surface area (Å²) < 4.78 is 5.83. The van der Waals surface area contributed by atoms with Crippen molar-refractivity contribution in [3.63, 3.8) is 0 Å². The van der Waals surface area contributed by atoms with Crippen LogP contribution in [0.5, 0.6) is 0 Å². The highest BCUT2D eigenvalue weighted by Gasteiger charge is 2.13. The lowest BCUT2D eigenvalue weighted by atomic mass is 10.2. The van der Waals surface area contributed by atoms with Gasteiger partial charge in [0.2, 0.25) is 5.89 Å². The third-order valence-corrected chi connectivity index (χ3v) is 6.22. The zero-order valence-electron chi connectivity index (χ0n) is 14.0. The van der Waals surface area contributed by atoms with Gasteiger partial charge in [-0.1, -0.05) is 43.0 Å². The molecule has 0 aliphatic rings. The minimum Gasteiger partial charge on any atom is -0.419 e.